The van der Waals surface area contributed by atoms with Gasteiger partial charge < -0.3 is 65.1 Å². The Bertz CT molecular complexity index is 1020. The normalized spacial score (nSPS) is 29.2. The van der Waals surface area contributed by atoms with Crippen molar-refractivity contribution in [1.82, 2.24) is 5.32 Å². The summed E-state index contributed by atoms with van der Waals surface area (Å²) in [4.78, 5) is 13.1. The molecule has 2 fully saturated rings. The number of unbranched alkanes of at least 4 members (excludes halogenated alkanes) is 18. The highest BCUT2D eigenvalue weighted by Gasteiger charge is 2.51. The number of amides is 1. The van der Waals surface area contributed by atoms with Gasteiger partial charge in [-0.15, -0.1) is 0 Å². The number of hydrogen-bond donors (Lipinski definition) is 9. The molecule has 57 heavy (non-hydrogen) atoms. The van der Waals surface area contributed by atoms with Crippen LogP contribution in [-0.2, 0) is 23.7 Å². The molecule has 1 amide bonds. The number of aliphatic hydroxyl groups is 8. The van der Waals surface area contributed by atoms with Crippen molar-refractivity contribution in [3.63, 3.8) is 0 Å². The monoisotopic (exact) mass is 820 g/mol. The van der Waals surface area contributed by atoms with Crippen LogP contribution in [0.4, 0.5) is 0 Å². The minimum Gasteiger partial charge on any atom is -0.394 e. The lowest BCUT2D eigenvalue weighted by atomic mass is 9.97. The summed E-state index contributed by atoms with van der Waals surface area (Å²) in [6.45, 7) is 2.78. The molecule has 0 saturated carbocycles. The fourth-order valence-electron chi connectivity index (χ4n) is 7.46. The Hall–Kier alpha value is -1.27. The number of aliphatic hydroxyl groups excluding tert-OH is 8. The minimum atomic E-state index is -1.78. The van der Waals surface area contributed by atoms with E-state index in [9.17, 15) is 45.6 Å². The van der Waals surface area contributed by atoms with Crippen LogP contribution in [0, 0.1) is 0 Å². The van der Waals surface area contributed by atoms with Gasteiger partial charge >= 0.3 is 0 Å². The van der Waals surface area contributed by atoms with Gasteiger partial charge in [0.2, 0.25) is 5.91 Å². The summed E-state index contributed by atoms with van der Waals surface area (Å²) < 4.78 is 22.6. The zero-order valence-corrected chi connectivity index (χ0v) is 35.1. The molecular formula is C43H81NO13. The van der Waals surface area contributed by atoms with E-state index in [4.69, 9.17) is 18.9 Å². The average molecular weight is 820 g/mol. The molecule has 2 aliphatic heterocycles. The van der Waals surface area contributed by atoms with E-state index >= 15 is 0 Å². The third-order valence-electron chi connectivity index (χ3n) is 11.2. The zero-order valence-electron chi connectivity index (χ0n) is 35.1. The molecule has 0 aromatic rings. The van der Waals surface area contributed by atoms with Gasteiger partial charge in [-0.05, 0) is 38.5 Å². The lowest BCUT2D eigenvalue weighted by molar-refractivity contribution is -0.359. The molecule has 9 N–H and O–H groups in total. The zero-order chi connectivity index (χ0) is 41.8. The van der Waals surface area contributed by atoms with Crippen LogP contribution in [0.5, 0.6) is 0 Å². The second-order valence-electron chi connectivity index (χ2n) is 16.2. The van der Waals surface area contributed by atoms with Gasteiger partial charge in [-0.1, -0.05) is 129 Å². The maximum atomic E-state index is 13.1. The molecule has 12 unspecified atom stereocenters. The SMILES string of the molecule is CCCCCC/C=C\CCCCCCCC(=O)NC(COC1OC(CO)C(OC2OC(CO)C(O)C(O)C2O)C(O)C1O)C(O)CCCCCCCCCCCC. The average Bonchev–Trinajstić information content (AvgIpc) is 3.21. The summed E-state index contributed by atoms with van der Waals surface area (Å²) in [5.41, 5.74) is 0. The van der Waals surface area contributed by atoms with Crippen LogP contribution in [0.25, 0.3) is 0 Å². The smallest absolute Gasteiger partial charge is 0.220 e. The molecule has 336 valence electrons. The first-order valence-corrected chi connectivity index (χ1v) is 22.4. The topological polar surface area (TPSA) is 228 Å². The van der Waals surface area contributed by atoms with Gasteiger partial charge in [-0.2, -0.15) is 0 Å². The molecule has 0 radical (unpaired) electrons. The van der Waals surface area contributed by atoms with Crippen molar-refractivity contribution in [2.75, 3.05) is 19.8 Å². The van der Waals surface area contributed by atoms with E-state index < -0.39 is 86.8 Å². The van der Waals surface area contributed by atoms with E-state index in [2.05, 4.69) is 31.3 Å². The van der Waals surface area contributed by atoms with E-state index in [-0.39, 0.29) is 12.5 Å². The van der Waals surface area contributed by atoms with Crippen molar-refractivity contribution >= 4 is 5.91 Å². The van der Waals surface area contributed by atoms with Gasteiger partial charge in [-0.25, -0.2) is 0 Å². The number of allylic oxidation sites excluding steroid dienone is 2. The molecule has 12 atom stereocenters. The molecule has 0 aliphatic carbocycles. The van der Waals surface area contributed by atoms with Crippen LogP contribution >= 0.6 is 0 Å². The van der Waals surface area contributed by atoms with Gasteiger partial charge in [0.05, 0.1) is 32.0 Å². The fraction of sp³-hybridized carbons (Fsp3) is 0.930. The highest BCUT2D eigenvalue weighted by Crippen LogP contribution is 2.30. The molecule has 14 nitrogen and oxygen atoms in total. The Morgan fingerprint density at radius 2 is 1.11 bits per heavy atom. The Morgan fingerprint density at radius 1 is 0.614 bits per heavy atom. The Balaban J connectivity index is 1.90. The molecule has 2 heterocycles. The van der Waals surface area contributed by atoms with Crippen molar-refractivity contribution in [3.05, 3.63) is 12.2 Å². The van der Waals surface area contributed by atoms with E-state index in [1.165, 1.54) is 64.2 Å². The van der Waals surface area contributed by atoms with Crippen LogP contribution in [0.1, 0.15) is 162 Å². The van der Waals surface area contributed by atoms with Crippen molar-refractivity contribution < 1.29 is 64.6 Å². The van der Waals surface area contributed by atoms with Gasteiger partial charge in [0.1, 0.15) is 48.8 Å². The van der Waals surface area contributed by atoms with Crippen LogP contribution in [0.15, 0.2) is 12.2 Å². The minimum absolute atomic E-state index is 0.219. The molecule has 0 aromatic heterocycles. The lowest BCUT2D eigenvalue weighted by Gasteiger charge is -2.46. The Labute approximate surface area is 342 Å². The van der Waals surface area contributed by atoms with E-state index in [0.717, 1.165) is 64.2 Å². The van der Waals surface area contributed by atoms with E-state index in [0.29, 0.717) is 19.3 Å². The number of carbonyl (C=O) groups is 1. The quantitative estimate of drug-likeness (QED) is 0.0337. The molecule has 2 saturated heterocycles. The summed E-state index contributed by atoms with van der Waals surface area (Å²) in [5.74, 6) is -0.219. The predicted octanol–water partition coefficient (Wildman–Crippen LogP) is 4.04. The predicted molar refractivity (Wildman–Crippen MR) is 217 cm³/mol. The molecule has 0 aromatic carbocycles. The van der Waals surface area contributed by atoms with Crippen molar-refractivity contribution in [1.29, 1.82) is 0 Å². The second kappa shape index (κ2) is 31.6. The second-order valence-corrected chi connectivity index (χ2v) is 16.2. The standard InChI is InChI=1S/C43H81NO13/c1-3-5-7-9-11-13-15-16-17-19-21-23-25-27-35(48)44-31(32(47)26-24-22-20-18-14-12-10-8-6-4-2)30-54-42-40(53)38(51)41(34(29-46)56-42)57-43-39(52)37(50)36(49)33(28-45)55-43/h13,15,31-34,36-43,45-47,49-53H,3-12,14,16-30H2,1-2H3,(H,44,48)/b15-13-. The first-order chi connectivity index (χ1) is 27.6. The molecular weight excluding hydrogens is 738 g/mol. The Kier molecular flexibility index (Phi) is 28.7. The number of nitrogens with one attached hydrogen (secondary N) is 1. The number of carbonyl (C=O) groups excluding carboxylic acids is 1. The first kappa shape index (κ1) is 51.9. The summed E-state index contributed by atoms with van der Waals surface area (Å²) in [5, 5.41) is 86.4. The van der Waals surface area contributed by atoms with Crippen molar-refractivity contribution in [2.24, 2.45) is 0 Å². The van der Waals surface area contributed by atoms with Crippen LogP contribution in [0.2, 0.25) is 0 Å². The highest BCUT2D eigenvalue weighted by atomic mass is 16.7. The Morgan fingerprint density at radius 3 is 1.68 bits per heavy atom. The van der Waals surface area contributed by atoms with E-state index in [1.807, 2.05) is 0 Å². The maximum absolute atomic E-state index is 13.1. The highest BCUT2D eigenvalue weighted by molar-refractivity contribution is 5.76. The third kappa shape index (κ3) is 20.2. The van der Waals surface area contributed by atoms with Gasteiger partial charge in [0.15, 0.2) is 12.6 Å². The molecule has 0 spiro atoms. The fourth-order valence-corrected chi connectivity index (χ4v) is 7.46. The first-order valence-electron chi connectivity index (χ1n) is 22.4. The van der Waals surface area contributed by atoms with E-state index in [1.54, 1.807) is 0 Å². The summed E-state index contributed by atoms with van der Waals surface area (Å²) in [6, 6.07) is -0.826. The van der Waals surface area contributed by atoms with Gasteiger partial charge in [-0.3, -0.25) is 4.79 Å². The van der Waals surface area contributed by atoms with Crippen molar-refractivity contribution in [2.45, 2.75) is 235 Å². The summed E-state index contributed by atoms with van der Waals surface area (Å²) in [7, 11) is 0. The number of hydrogen-bond acceptors (Lipinski definition) is 13. The number of ether oxygens (including phenoxy) is 4. The van der Waals surface area contributed by atoms with Crippen LogP contribution in [0.3, 0.4) is 0 Å². The molecule has 14 heteroatoms. The summed E-state index contributed by atoms with van der Waals surface area (Å²) in [6.07, 6.45) is 12.3. The summed E-state index contributed by atoms with van der Waals surface area (Å²) >= 11 is 0. The largest absolute Gasteiger partial charge is 0.394 e. The number of rotatable bonds is 33. The van der Waals surface area contributed by atoms with Gasteiger partial charge in [0.25, 0.3) is 0 Å². The molecule has 2 rings (SSSR count). The van der Waals surface area contributed by atoms with Crippen LogP contribution < -0.4 is 5.32 Å². The maximum Gasteiger partial charge on any atom is 0.220 e. The van der Waals surface area contributed by atoms with Gasteiger partial charge in [0, 0.05) is 6.42 Å². The molecule has 0 bridgehead atoms. The van der Waals surface area contributed by atoms with Crippen LogP contribution in [-0.4, -0.2) is 140 Å². The van der Waals surface area contributed by atoms with Crippen molar-refractivity contribution in [3.8, 4) is 0 Å². The third-order valence-corrected chi connectivity index (χ3v) is 11.2. The lowest BCUT2D eigenvalue weighted by Crippen LogP contribution is -2.65. The molecule has 2 aliphatic rings.